The molecule has 8 heteroatoms. The van der Waals surface area contributed by atoms with Crippen LogP contribution in [0.5, 0.6) is 0 Å². The van der Waals surface area contributed by atoms with E-state index in [0.29, 0.717) is 5.57 Å². The Morgan fingerprint density at radius 2 is 1.43 bits per heavy atom. The maximum atomic E-state index is 14.3. The Kier molecular flexibility index (Phi) is 5.43. The predicted octanol–water partition coefficient (Wildman–Crippen LogP) is 4.29. The highest BCUT2D eigenvalue weighted by Crippen LogP contribution is 2.39. The van der Waals surface area contributed by atoms with Crippen LogP contribution in [-0.2, 0) is 15.5 Å². The molecular weight excluding hydrogens is 336 g/mol. The van der Waals surface area contributed by atoms with Gasteiger partial charge >= 0.3 is 10.1 Å². The van der Waals surface area contributed by atoms with Gasteiger partial charge in [-0.25, -0.2) is 17.6 Å². The third kappa shape index (κ3) is 3.32. The van der Waals surface area contributed by atoms with Gasteiger partial charge in [-0.15, -0.1) is 0 Å². The van der Waals surface area contributed by atoms with Crippen LogP contribution in [0.4, 0.5) is 17.6 Å². The van der Waals surface area contributed by atoms with Crippen LogP contribution in [0.3, 0.4) is 0 Å². The van der Waals surface area contributed by atoms with Crippen molar-refractivity contribution < 1.29 is 30.5 Å². The zero-order valence-corrected chi connectivity index (χ0v) is 13.7. The molecular formula is C15H16F4O3S. The average Bonchev–Trinajstić information content (AvgIpc) is 2.41. The van der Waals surface area contributed by atoms with Crippen LogP contribution in [0.15, 0.2) is 28.7 Å². The Labute approximate surface area is 132 Å². The number of benzene rings is 1. The van der Waals surface area contributed by atoms with Crippen molar-refractivity contribution in [3.63, 3.8) is 0 Å². The minimum atomic E-state index is -5.47. The minimum Gasteiger partial charge on any atom is -0.282 e. The van der Waals surface area contributed by atoms with E-state index in [0.717, 1.165) is 0 Å². The van der Waals surface area contributed by atoms with Gasteiger partial charge in [0.15, 0.2) is 28.2 Å². The molecule has 1 aromatic rings. The summed E-state index contributed by atoms with van der Waals surface area (Å²) in [5.41, 5.74) is -2.10. The molecule has 0 aromatic heterocycles. The van der Waals surface area contributed by atoms with Crippen molar-refractivity contribution in [2.45, 2.75) is 38.0 Å². The van der Waals surface area contributed by atoms with Crippen molar-refractivity contribution in [2.75, 3.05) is 0 Å². The Balaban J connectivity index is 3.90. The molecule has 23 heavy (non-hydrogen) atoms. The number of hydrogen-bond acceptors (Lipinski definition) is 2. The zero-order valence-electron chi connectivity index (χ0n) is 12.9. The fourth-order valence-corrected chi connectivity index (χ4v) is 3.01. The molecule has 0 bridgehead atoms. The SMILES string of the molecule is CC=CC(=CC)C(C)(C)c1c(F)c(F)c(S(=O)(=O)O)c(F)c1F. The minimum absolute atomic E-state index is 0.358. The van der Waals surface area contributed by atoms with E-state index in [1.807, 2.05) is 0 Å². The van der Waals surface area contributed by atoms with Crippen LogP contribution in [0.1, 0.15) is 33.3 Å². The summed E-state index contributed by atoms with van der Waals surface area (Å²) in [6.45, 7) is 5.88. The van der Waals surface area contributed by atoms with Gasteiger partial charge in [0.2, 0.25) is 0 Å². The third-order valence-electron chi connectivity index (χ3n) is 3.48. The number of halogens is 4. The van der Waals surface area contributed by atoms with Gasteiger partial charge in [-0.2, -0.15) is 8.42 Å². The monoisotopic (exact) mass is 352 g/mol. The molecule has 0 atom stereocenters. The van der Waals surface area contributed by atoms with Crippen LogP contribution in [0.2, 0.25) is 0 Å². The van der Waals surface area contributed by atoms with Crippen LogP contribution in [0, 0.1) is 23.3 Å². The highest BCUT2D eigenvalue weighted by molar-refractivity contribution is 7.85. The second-order valence-corrected chi connectivity index (χ2v) is 6.66. The summed E-state index contributed by atoms with van der Waals surface area (Å²) in [6, 6.07) is 0. The van der Waals surface area contributed by atoms with E-state index in [9.17, 15) is 26.0 Å². The standard InChI is InChI=1S/C15H16F4O3S/c1-5-7-8(6-2)15(3,4)9-10(16)12(18)14(23(20,21)22)13(19)11(9)17/h5-7H,1-4H3,(H,20,21,22). The summed E-state index contributed by atoms with van der Waals surface area (Å²) >= 11 is 0. The van der Waals surface area contributed by atoms with Gasteiger partial charge < -0.3 is 0 Å². The maximum Gasteiger partial charge on any atom is 0.300 e. The third-order valence-corrected chi connectivity index (χ3v) is 4.36. The Morgan fingerprint density at radius 1 is 1.00 bits per heavy atom. The van der Waals surface area contributed by atoms with Gasteiger partial charge in [-0.05, 0) is 19.4 Å². The summed E-state index contributed by atoms with van der Waals surface area (Å²) in [6.07, 6.45) is 4.59. The first-order valence-corrected chi connectivity index (χ1v) is 7.98. The van der Waals surface area contributed by atoms with Crippen molar-refractivity contribution in [2.24, 2.45) is 0 Å². The number of hydrogen-bond donors (Lipinski definition) is 1. The van der Waals surface area contributed by atoms with Gasteiger partial charge in [-0.3, -0.25) is 4.55 Å². The molecule has 0 radical (unpaired) electrons. The molecule has 0 fully saturated rings. The van der Waals surface area contributed by atoms with E-state index in [-0.39, 0.29) is 0 Å². The summed E-state index contributed by atoms with van der Waals surface area (Å²) in [5, 5.41) is 0. The van der Waals surface area contributed by atoms with Gasteiger partial charge in [0.1, 0.15) is 0 Å². The molecule has 0 unspecified atom stereocenters. The maximum absolute atomic E-state index is 14.3. The quantitative estimate of drug-likeness (QED) is 0.381. The molecule has 1 rings (SSSR count). The molecule has 1 aromatic carbocycles. The molecule has 0 amide bonds. The zero-order chi connectivity index (χ0) is 18.2. The van der Waals surface area contributed by atoms with Crippen molar-refractivity contribution in [3.05, 3.63) is 52.6 Å². The fraction of sp³-hybridized carbons (Fsp3) is 0.333. The summed E-state index contributed by atoms with van der Waals surface area (Å²) in [4.78, 5) is -2.04. The van der Waals surface area contributed by atoms with Crippen LogP contribution < -0.4 is 0 Å². The Hall–Kier alpha value is -1.67. The van der Waals surface area contributed by atoms with Gasteiger partial charge in [0, 0.05) is 11.0 Å². The average molecular weight is 352 g/mol. The lowest BCUT2D eigenvalue weighted by atomic mass is 9.76. The van der Waals surface area contributed by atoms with Gasteiger partial charge in [-0.1, -0.05) is 32.1 Å². The van der Waals surface area contributed by atoms with Crippen molar-refractivity contribution in [1.29, 1.82) is 0 Å². The first-order chi connectivity index (χ1) is 10.4. The lowest BCUT2D eigenvalue weighted by Crippen LogP contribution is -2.26. The molecule has 128 valence electrons. The van der Waals surface area contributed by atoms with Crippen molar-refractivity contribution >= 4 is 10.1 Å². The smallest absolute Gasteiger partial charge is 0.282 e. The van der Waals surface area contributed by atoms with E-state index in [1.165, 1.54) is 26.0 Å². The molecule has 0 aliphatic carbocycles. The van der Waals surface area contributed by atoms with Gasteiger partial charge in [0.25, 0.3) is 0 Å². The molecule has 3 nitrogen and oxygen atoms in total. The molecule has 0 aliphatic rings. The van der Waals surface area contributed by atoms with Crippen molar-refractivity contribution in [1.82, 2.24) is 0 Å². The van der Waals surface area contributed by atoms with E-state index < -0.39 is 49.3 Å². The fourth-order valence-electron chi connectivity index (χ4n) is 2.38. The van der Waals surface area contributed by atoms with E-state index in [4.69, 9.17) is 4.55 Å². The molecule has 1 N–H and O–H groups in total. The lowest BCUT2D eigenvalue weighted by Gasteiger charge is -2.28. The first-order valence-electron chi connectivity index (χ1n) is 6.54. The van der Waals surface area contributed by atoms with Crippen LogP contribution >= 0.6 is 0 Å². The summed E-state index contributed by atoms with van der Waals surface area (Å²) in [7, 11) is -5.47. The Morgan fingerprint density at radius 3 is 1.74 bits per heavy atom. The largest absolute Gasteiger partial charge is 0.300 e. The summed E-state index contributed by atoms with van der Waals surface area (Å²) < 4.78 is 87.0. The van der Waals surface area contributed by atoms with E-state index in [1.54, 1.807) is 19.9 Å². The topological polar surface area (TPSA) is 54.4 Å². The highest BCUT2D eigenvalue weighted by atomic mass is 32.2. The van der Waals surface area contributed by atoms with Crippen molar-refractivity contribution in [3.8, 4) is 0 Å². The molecule has 0 aliphatic heterocycles. The first kappa shape index (κ1) is 19.4. The molecule has 0 saturated carbocycles. The lowest BCUT2D eigenvalue weighted by molar-refractivity contribution is 0.378. The Bertz CT molecular complexity index is 764. The van der Waals surface area contributed by atoms with Gasteiger partial charge in [0.05, 0.1) is 0 Å². The predicted molar refractivity (Wildman–Crippen MR) is 77.7 cm³/mol. The van der Waals surface area contributed by atoms with E-state index >= 15 is 0 Å². The second kappa shape index (κ2) is 6.45. The number of rotatable bonds is 4. The normalized spacial score (nSPS) is 13.9. The number of allylic oxidation sites excluding steroid dienone is 4. The summed E-state index contributed by atoms with van der Waals surface area (Å²) in [5.74, 6) is -8.06. The van der Waals surface area contributed by atoms with Crippen LogP contribution in [-0.4, -0.2) is 13.0 Å². The molecule has 0 heterocycles. The van der Waals surface area contributed by atoms with E-state index in [2.05, 4.69) is 0 Å². The highest BCUT2D eigenvalue weighted by Gasteiger charge is 2.38. The molecule has 0 spiro atoms. The van der Waals surface area contributed by atoms with Crippen LogP contribution in [0.25, 0.3) is 0 Å². The second-order valence-electron chi connectivity index (χ2n) is 5.30. The molecule has 0 saturated heterocycles.